The van der Waals surface area contributed by atoms with E-state index >= 15 is 0 Å². The van der Waals surface area contributed by atoms with Crippen LogP contribution in [0.1, 0.15) is 29.6 Å². The Morgan fingerprint density at radius 1 is 1.45 bits per heavy atom. The Morgan fingerprint density at radius 2 is 2.15 bits per heavy atom. The van der Waals surface area contributed by atoms with Crippen LogP contribution in [0.5, 0.6) is 0 Å². The van der Waals surface area contributed by atoms with Crippen molar-refractivity contribution in [3.8, 4) is 0 Å². The number of nitrogens with one attached hydrogen (secondary N) is 1. The third kappa shape index (κ3) is 3.46. The maximum Gasteiger partial charge on any atom is 0.292 e. The van der Waals surface area contributed by atoms with Crippen LogP contribution >= 0.6 is 0 Å². The highest BCUT2D eigenvalue weighted by Gasteiger charge is 2.22. The molecule has 6 nitrogen and oxygen atoms in total. The fourth-order valence-corrected chi connectivity index (χ4v) is 2.05. The molecule has 2 rings (SSSR count). The lowest BCUT2D eigenvalue weighted by atomic mass is 10.1. The van der Waals surface area contributed by atoms with Crippen molar-refractivity contribution in [3.63, 3.8) is 0 Å². The second kappa shape index (κ2) is 5.90. The number of benzene rings is 1. The van der Waals surface area contributed by atoms with Crippen LogP contribution in [0.4, 0.5) is 11.4 Å². The van der Waals surface area contributed by atoms with Gasteiger partial charge in [0, 0.05) is 32.3 Å². The zero-order valence-corrected chi connectivity index (χ0v) is 11.8. The van der Waals surface area contributed by atoms with Gasteiger partial charge in [0.15, 0.2) is 0 Å². The molecule has 0 heterocycles. The molecule has 0 atom stereocenters. The third-order valence-electron chi connectivity index (χ3n) is 3.41. The Morgan fingerprint density at radius 3 is 2.70 bits per heavy atom. The summed E-state index contributed by atoms with van der Waals surface area (Å²) in [5.41, 5.74) is 0.883. The molecule has 108 valence electrons. The molecule has 1 aliphatic carbocycles. The van der Waals surface area contributed by atoms with Gasteiger partial charge in [0.2, 0.25) is 0 Å². The van der Waals surface area contributed by atoms with E-state index in [9.17, 15) is 14.9 Å². The minimum absolute atomic E-state index is 0.0103. The number of hydrogen-bond acceptors (Lipinski definition) is 4. The maximum absolute atomic E-state index is 11.9. The molecule has 0 bridgehead atoms. The summed E-state index contributed by atoms with van der Waals surface area (Å²) in [6.45, 7) is 0.700. The largest absolute Gasteiger partial charge is 0.379 e. The summed E-state index contributed by atoms with van der Waals surface area (Å²) in [4.78, 5) is 23.9. The molecule has 0 saturated heterocycles. The first-order valence-electron chi connectivity index (χ1n) is 6.73. The van der Waals surface area contributed by atoms with E-state index in [2.05, 4.69) is 5.32 Å². The van der Waals surface area contributed by atoms with Crippen LogP contribution in [-0.2, 0) is 0 Å². The zero-order chi connectivity index (χ0) is 14.7. The average Bonchev–Trinajstić information content (AvgIpc) is 3.21. The van der Waals surface area contributed by atoms with E-state index < -0.39 is 4.92 Å². The molecule has 1 aliphatic rings. The molecule has 1 saturated carbocycles. The second-order valence-corrected chi connectivity index (χ2v) is 5.35. The summed E-state index contributed by atoms with van der Waals surface area (Å²) in [5, 5.41) is 14.1. The Kier molecular flexibility index (Phi) is 4.22. The number of rotatable bonds is 6. The third-order valence-corrected chi connectivity index (χ3v) is 3.41. The summed E-state index contributed by atoms with van der Waals surface area (Å²) >= 11 is 0. The molecule has 0 spiro atoms. The van der Waals surface area contributed by atoms with E-state index in [4.69, 9.17) is 0 Å². The topological polar surface area (TPSA) is 75.5 Å². The number of hydrogen-bond donors (Lipinski definition) is 1. The van der Waals surface area contributed by atoms with Crippen LogP contribution < -0.4 is 5.32 Å². The first-order valence-corrected chi connectivity index (χ1v) is 6.73. The molecule has 1 aromatic rings. The predicted octanol–water partition coefficient (Wildman–Crippen LogP) is 2.51. The lowest BCUT2D eigenvalue weighted by Crippen LogP contribution is -2.21. The number of nitrogens with zero attached hydrogens (tertiary/aromatic N) is 2. The van der Waals surface area contributed by atoms with Crippen molar-refractivity contribution in [2.75, 3.05) is 26.0 Å². The van der Waals surface area contributed by atoms with Crippen LogP contribution in [0.25, 0.3) is 0 Å². The molecule has 1 aromatic carbocycles. The molecule has 20 heavy (non-hydrogen) atoms. The van der Waals surface area contributed by atoms with Gasteiger partial charge in [-0.1, -0.05) is 12.8 Å². The van der Waals surface area contributed by atoms with Crippen molar-refractivity contribution in [1.82, 2.24) is 4.90 Å². The van der Waals surface area contributed by atoms with Crippen LogP contribution in [-0.4, -0.2) is 36.4 Å². The molecule has 0 unspecified atom stereocenters. The van der Waals surface area contributed by atoms with Crippen molar-refractivity contribution in [2.45, 2.75) is 19.3 Å². The van der Waals surface area contributed by atoms with Gasteiger partial charge < -0.3 is 10.2 Å². The Balaban J connectivity index is 2.16. The standard InChI is InChI=1S/C14H19N3O3/c1-16(2)14(18)11-5-6-13(17(19)20)12(9-11)15-8-7-10-3-4-10/h5-6,9-10,15H,3-4,7-8H2,1-2H3. The maximum atomic E-state index is 11.9. The van der Waals surface area contributed by atoms with E-state index in [-0.39, 0.29) is 11.6 Å². The van der Waals surface area contributed by atoms with Gasteiger partial charge >= 0.3 is 0 Å². The number of nitro benzene ring substituents is 1. The first-order chi connectivity index (χ1) is 9.49. The monoisotopic (exact) mass is 277 g/mol. The fraction of sp³-hybridized carbons (Fsp3) is 0.500. The lowest BCUT2D eigenvalue weighted by Gasteiger charge is -2.12. The van der Waals surface area contributed by atoms with E-state index in [0.29, 0.717) is 17.8 Å². The number of amides is 1. The molecule has 1 N–H and O–H groups in total. The summed E-state index contributed by atoms with van der Waals surface area (Å²) < 4.78 is 0. The van der Waals surface area contributed by atoms with E-state index in [1.807, 2.05) is 0 Å². The van der Waals surface area contributed by atoms with Crippen molar-refractivity contribution in [3.05, 3.63) is 33.9 Å². The number of nitro groups is 1. The van der Waals surface area contributed by atoms with Crippen molar-refractivity contribution < 1.29 is 9.72 Å². The van der Waals surface area contributed by atoms with E-state index in [1.54, 1.807) is 20.2 Å². The summed E-state index contributed by atoms with van der Waals surface area (Å²) in [5.74, 6) is 0.596. The first kappa shape index (κ1) is 14.3. The van der Waals surface area contributed by atoms with Crippen LogP contribution in [0.15, 0.2) is 18.2 Å². The molecule has 1 amide bonds. The fourth-order valence-electron chi connectivity index (χ4n) is 2.05. The predicted molar refractivity (Wildman–Crippen MR) is 76.9 cm³/mol. The highest BCUT2D eigenvalue weighted by molar-refractivity contribution is 5.95. The van der Waals surface area contributed by atoms with Gasteiger partial charge in [-0.2, -0.15) is 0 Å². The van der Waals surface area contributed by atoms with E-state index in [0.717, 1.165) is 12.3 Å². The average molecular weight is 277 g/mol. The van der Waals surface area contributed by atoms with Gasteiger partial charge in [-0.3, -0.25) is 14.9 Å². The summed E-state index contributed by atoms with van der Waals surface area (Å²) in [6, 6.07) is 4.44. The normalized spacial score (nSPS) is 13.9. The van der Waals surface area contributed by atoms with Gasteiger partial charge in [-0.15, -0.1) is 0 Å². The molecule has 0 radical (unpaired) electrons. The smallest absolute Gasteiger partial charge is 0.292 e. The minimum Gasteiger partial charge on any atom is -0.379 e. The molecular weight excluding hydrogens is 258 g/mol. The van der Waals surface area contributed by atoms with Crippen molar-refractivity contribution in [1.29, 1.82) is 0 Å². The summed E-state index contributed by atoms with van der Waals surface area (Å²) in [6.07, 6.45) is 3.52. The molecule has 1 fully saturated rings. The molecular formula is C14H19N3O3. The van der Waals surface area contributed by atoms with Gasteiger partial charge in [0.05, 0.1) is 4.92 Å². The Bertz CT molecular complexity index is 524. The van der Waals surface area contributed by atoms with Crippen molar-refractivity contribution in [2.24, 2.45) is 5.92 Å². The van der Waals surface area contributed by atoms with Gasteiger partial charge in [-0.05, 0) is 24.5 Å². The molecule has 0 aromatic heterocycles. The van der Waals surface area contributed by atoms with Gasteiger partial charge in [0.1, 0.15) is 5.69 Å². The van der Waals surface area contributed by atoms with Gasteiger partial charge in [0.25, 0.3) is 11.6 Å². The van der Waals surface area contributed by atoms with Gasteiger partial charge in [-0.25, -0.2) is 0 Å². The Hall–Kier alpha value is -2.11. The summed E-state index contributed by atoms with van der Waals surface area (Å²) in [7, 11) is 3.31. The molecule has 6 heteroatoms. The number of anilines is 1. The highest BCUT2D eigenvalue weighted by Crippen LogP contribution is 2.33. The zero-order valence-electron chi connectivity index (χ0n) is 11.8. The van der Waals surface area contributed by atoms with E-state index in [1.165, 1.54) is 29.9 Å². The van der Waals surface area contributed by atoms with Crippen molar-refractivity contribution >= 4 is 17.3 Å². The second-order valence-electron chi connectivity index (χ2n) is 5.35. The minimum atomic E-state index is -0.427. The van der Waals surface area contributed by atoms with Crippen LogP contribution in [0, 0.1) is 16.0 Å². The molecule has 0 aliphatic heterocycles. The number of carbonyl (C=O) groups excluding carboxylic acids is 1. The quantitative estimate of drug-likeness (QED) is 0.640. The van der Waals surface area contributed by atoms with Crippen LogP contribution in [0.3, 0.4) is 0 Å². The lowest BCUT2D eigenvalue weighted by molar-refractivity contribution is -0.384. The van der Waals surface area contributed by atoms with Crippen LogP contribution in [0.2, 0.25) is 0 Å². The number of carbonyl (C=O) groups is 1. The Labute approximate surface area is 117 Å². The highest BCUT2D eigenvalue weighted by atomic mass is 16.6. The SMILES string of the molecule is CN(C)C(=O)c1ccc([N+](=O)[O-])c(NCCC2CC2)c1.